The lowest BCUT2D eigenvalue weighted by Gasteiger charge is -2.20. The smallest absolute Gasteiger partial charge is 0.240 e. The van der Waals surface area contributed by atoms with Gasteiger partial charge in [0.2, 0.25) is 26.0 Å². The Morgan fingerprint density at radius 1 is 1.11 bits per heavy atom. The van der Waals surface area contributed by atoms with Crippen molar-refractivity contribution >= 4 is 48.3 Å². The van der Waals surface area contributed by atoms with Crippen LogP contribution in [0.25, 0.3) is 10.9 Å². The quantitative estimate of drug-likeness (QED) is 0.669. The third kappa shape index (κ3) is 3.91. The number of anilines is 1. The molecule has 2 rings (SSSR count). The molecule has 0 bridgehead atoms. The Hall–Kier alpha value is -2.20. The van der Waals surface area contributed by atoms with Crippen molar-refractivity contribution < 1.29 is 26.4 Å². The molecule has 10 heteroatoms. The van der Waals surface area contributed by atoms with Gasteiger partial charge in [-0.05, 0) is 38.5 Å². The van der Waals surface area contributed by atoms with E-state index >= 15 is 0 Å². The van der Waals surface area contributed by atoms with Gasteiger partial charge in [0, 0.05) is 23.1 Å². The van der Waals surface area contributed by atoms with Gasteiger partial charge in [0.15, 0.2) is 5.78 Å². The van der Waals surface area contributed by atoms with Crippen molar-refractivity contribution in [3.63, 3.8) is 0 Å². The molecule has 0 saturated carbocycles. The monoisotopic (exact) mass is 414 g/mol. The largest absolute Gasteiger partial charge is 0.294 e. The minimum Gasteiger partial charge on any atom is -0.294 e. The Labute approximate surface area is 158 Å². The summed E-state index contributed by atoms with van der Waals surface area (Å²) in [5.41, 5.74) is 0.730. The zero-order valence-corrected chi connectivity index (χ0v) is 17.4. The van der Waals surface area contributed by atoms with Crippen molar-refractivity contribution in [1.29, 1.82) is 0 Å². The van der Waals surface area contributed by atoms with E-state index in [0.29, 0.717) is 10.7 Å². The molecule has 0 spiro atoms. The van der Waals surface area contributed by atoms with Gasteiger partial charge in [-0.2, -0.15) is 0 Å². The Balaban J connectivity index is 2.89. The molecule has 8 nitrogen and oxygen atoms in total. The molecular weight excluding hydrogens is 392 g/mol. The van der Waals surface area contributed by atoms with E-state index in [0.717, 1.165) is 16.5 Å². The highest BCUT2D eigenvalue weighted by Gasteiger charge is 2.27. The summed E-state index contributed by atoms with van der Waals surface area (Å²) in [6.45, 7) is 4.57. The summed E-state index contributed by atoms with van der Waals surface area (Å²) < 4.78 is 50.4. The first kappa shape index (κ1) is 21.1. The van der Waals surface area contributed by atoms with Crippen LogP contribution in [0.4, 0.5) is 5.69 Å². The van der Waals surface area contributed by atoms with E-state index < -0.39 is 26.0 Å². The molecule has 1 heterocycles. The van der Waals surface area contributed by atoms with Crippen molar-refractivity contribution in [2.45, 2.75) is 33.6 Å². The predicted molar refractivity (Wildman–Crippen MR) is 104 cm³/mol. The van der Waals surface area contributed by atoms with Crippen LogP contribution >= 0.6 is 0 Å². The molecule has 0 unspecified atom stereocenters. The van der Waals surface area contributed by atoms with Gasteiger partial charge in [0.1, 0.15) is 0 Å². The number of carbonyl (C=O) groups is 2. The second-order valence-electron chi connectivity index (χ2n) is 6.42. The highest BCUT2D eigenvalue weighted by molar-refractivity contribution is 7.92. The number of Topliss-reactive ketones (excluding diaryl/α,β-unsaturated/α-hetero) is 1. The molecule has 0 fully saturated rings. The Morgan fingerprint density at radius 3 is 2.15 bits per heavy atom. The number of carbonyl (C=O) groups excluding carboxylic acids is 2. The van der Waals surface area contributed by atoms with Gasteiger partial charge < -0.3 is 0 Å². The van der Waals surface area contributed by atoms with E-state index in [1.54, 1.807) is 6.92 Å². The van der Waals surface area contributed by atoms with Crippen LogP contribution in [0.5, 0.6) is 0 Å². The lowest BCUT2D eigenvalue weighted by molar-refractivity contribution is -0.117. The molecule has 1 aromatic carbocycles. The van der Waals surface area contributed by atoms with E-state index in [-0.39, 0.29) is 40.1 Å². The summed E-state index contributed by atoms with van der Waals surface area (Å²) in [5.74, 6) is -0.953. The van der Waals surface area contributed by atoms with Crippen LogP contribution in [-0.4, -0.2) is 45.0 Å². The minimum absolute atomic E-state index is 0.0358. The molecule has 0 atom stereocenters. The van der Waals surface area contributed by atoms with Crippen molar-refractivity contribution in [3.8, 4) is 0 Å². The average molecular weight is 415 g/mol. The molecule has 0 aliphatic heterocycles. The number of sulfonamides is 1. The van der Waals surface area contributed by atoms with Gasteiger partial charge in [0.05, 0.1) is 23.7 Å². The van der Waals surface area contributed by atoms with E-state index in [9.17, 15) is 26.4 Å². The molecule has 148 valence electrons. The zero-order valence-electron chi connectivity index (χ0n) is 15.8. The lowest BCUT2D eigenvalue weighted by atomic mass is 10.1. The Morgan fingerprint density at radius 2 is 1.70 bits per heavy atom. The molecule has 27 heavy (non-hydrogen) atoms. The third-order valence-corrected chi connectivity index (χ3v) is 6.29. The highest BCUT2D eigenvalue weighted by Crippen LogP contribution is 2.32. The predicted octanol–water partition coefficient (Wildman–Crippen LogP) is 2.05. The topological polar surface area (TPSA) is 111 Å². The van der Waals surface area contributed by atoms with E-state index in [1.807, 2.05) is 0 Å². The number of ketones is 1. The van der Waals surface area contributed by atoms with Gasteiger partial charge in [-0.1, -0.05) is 6.92 Å². The van der Waals surface area contributed by atoms with Crippen molar-refractivity contribution in [1.82, 2.24) is 3.97 Å². The van der Waals surface area contributed by atoms with Gasteiger partial charge >= 0.3 is 0 Å². The molecule has 0 N–H and O–H groups in total. The van der Waals surface area contributed by atoms with Crippen molar-refractivity contribution in [2.75, 3.05) is 16.8 Å². The molecule has 2 aromatic rings. The zero-order chi connectivity index (χ0) is 20.7. The lowest BCUT2D eigenvalue weighted by Crippen LogP contribution is -2.35. The standard InChI is InChI=1S/C17H22N2O6S2/c1-6-7-16(21)19(27(5,24)25)13-8-9-15-14(10-13)17(12(3)20)11(2)18(15)26(4,22)23/h8-10H,6-7H2,1-5H3. The van der Waals surface area contributed by atoms with Gasteiger partial charge in [-0.25, -0.2) is 25.1 Å². The summed E-state index contributed by atoms with van der Waals surface area (Å²) in [5, 5.41) is 0.279. The molecule has 0 aliphatic rings. The number of rotatable bonds is 6. The van der Waals surface area contributed by atoms with Gasteiger partial charge in [0.25, 0.3) is 0 Å². The third-order valence-electron chi connectivity index (χ3n) is 4.07. The first-order chi connectivity index (χ1) is 12.3. The highest BCUT2D eigenvalue weighted by atomic mass is 32.2. The van der Waals surface area contributed by atoms with Crippen molar-refractivity contribution in [3.05, 3.63) is 29.5 Å². The van der Waals surface area contributed by atoms with Crippen LogP contribution in [0.15, 0.2) is 18.2 Å². The summed E-state index contributed by atoms with van der Waals surface area (Å²) in [7, 11) is -7.59. The van der Waals surface area contributed by atoms with Crippen LogP contribution in [0.2, 0.25) is 0 Å². The summed E-state index contributed by atoms with van der Waals surface area (Å²) in [6.07, 6.45) is 2.44. The first-order valence-corrected chi connectivity index (χ1v) is 11.9. The summed E-state index contributed by atoms with van der Waals surface area (Å²) in [6, 6.07) is 4.14. The van der Waals surface area contributed by atoms with Gasteiger partial charge in [-0.3, -0.25) is 9.59 Å². The van der Waals surface area contributed by atoms with Gasteiger partial charge in [-0.15, -0.1) is 0 Å². The minimum atomic E-state index is -3.90. The second-order valence-corrected chi connectivity index (χ2v) is 10.1. The number of hydrogen-bond acceptors (Lipinski definition) is 6. The fourth-order valence-electron chi connectivity index (χ4n) is 3.21. The van der Waals surface area contributed by atoms with E-state index in [2.05, 4.69) is 0 Å². The first-order valence-electron chi connectivity index (χ1n) is 8.20. The molecule has 1 aromatic heterocycles. The number of aromatic nitrogens is 1. The fraction of sp³-hybridized carbons (Fsp3) is 0.412. The molecule has 0 aliphatic carbocycles. The van der Waals surface area contributed by atoms with Crippen LogP contribution < -0.4 is 4.31 Å². The van der Waals surface area contributed by atoms with Crippen LogP contribution in [-0.2, 0) is 24.8 Å². The SMILES string of the molecule is CCCC(=O)N(c1ccc2c(c1)c(C(C)=O)c(C)n2S(C)(=O)=O)S(C)(=O)=O. The van der Waals surface area contributed by atoms with E-state index in [4.69, 9.17) is 0 Å². The summed E-state index contributed by atoms with van der Waals surface area (Å²) in [4.78, 5) is 24.5. The average Bonchev–Trinajstić information content (AvgIpc) is 2.77. The number of benzene rings is 1. The molecule has 1 amide bonds. The normalized spacial score (nSPS) is 12.3. The molecular formula is C17H22N2O6S2. The maximum Gasteiger partial charge on any atom is 0.240 e. The van der Waals surface area contributed by atoms with Crippen molar-refractivity contribution in [2.24, 2.45) is 0 Å². The maximum absolute atomic E-state index is 12.4. The fourth-order valence-corrected chi connectivity index (χ4v) is 5.28. The molecule has 0 saturated heterocycles. The van der Waals surface area contributed by atoms with Crippen LogP contribution in [0.1, 0.15) is 42.7 Å². The second kappa shape index (κ2) is 7.08. The van der Waals surface area contributed by atoms with Crippen LogP contribution in [0, 0.1) is 6.92 Å². The van der Waals surface area contributed by atoms with Crippen LogP contribution in [0.3, 0.4) is 0 Å². The number of fused-ring (bicyclic) bond motifs is 1. The van der Waals surface area contributed by atoms with E-state index in [1.165, 1.54) is 32.0 Å². The summed E-state index contributed by atoms with van der Waals surface area (Å²) >= 11 is 0. The number of nitrogens with zero attached hydrogens (tertiary/aromatic N) is 2. The maximum atomic E-state index is 12.4. The Bertz CT molecular complexity index is 1140. The number of amides is 1. The molecule has 0 radical (unpaired) electrons. The number of hydrogen-bond donors (Lipinski definition) is 0. The Kier molecular flexibility index (Phi) is 5.53.